The summed E-state index contributed by atoms with van der Waals surface area (Å²) >= 11 is 0. The van der Waals surface area contributed by atoms with E-state index in [4.69, 9.17) is 4.74 Å². The van der Waals surface area contributed by atoms with Gasteiger partial charge in [0.25, 0.3) is 5.69 Å². The molecule has 8 heteroatoms. The van der Waals surface area contributed by atoms with Crippen molar-refractivity contribution in [3.8, 4) is 5.75 Å². The summed E-state index contributed by atoms with van der Waals surface area (Å²) in [5.74, 6) is -1.33. The number of nitro groups is 1. The Morgan fingerprint density at radius 3 is 2.19 bits per heavy atom. The van der Waals surface area contributed by atoms with Crippen LogP contribution in [0.3, 0.4) is 0 Å². The Balaban J connectivity index is 2.07. The monoisotopic (exact) mass is 357 g/mol. The zero-order chi connectivity index (χ0) is 19.3. The average Bonchev–Trinajstić information content (AvgIpc) is 2.62. The first-order chi connectivity index (χ1) is 12.3. The van der Waals surface area contributed by atoms with Crippen molar-refractivity contribution >= 4 is 28.9 Å². The number of nitro benzene ring substituents is 1. The quantitative estimate of drug-likeness (QED) is 0.484. The molecule has 2 rings (SSSR count). The van der Waals surface area contributed by atoms with Crippen LogP contribution in [0.5, 0.6) is 5.75 Å². The first-order valence-electron chi connectivity index (χ1n) is 7.86. The molecular formula is C18H19N3O5. The summed E-state index contributed by atoms with van der Waals surface area (Å²) in [6.45, 7) is 4.11. The Morgan fingerprint density at radius 1 is 1.04 bits per heavy atom. The number of carbonyl (C=O) groups excluding carboxylic acids is 2. The van der Waals surface area contributed by atoms with Gasteiger partial charge in [-0.1, -0.05) is 26.0 Å². The second kappa shape index (κ2) is 8.11. The molecule has 0 fully saturated rings. The summed E-state index contributed by atoms with van der Waals surface area (Å²) in [5.41, 5.74) is 1.58. The van der Waals surface area contributed by atoms with Gasteiger partial charge < -0.3 is 15.4 Å². The van der Waals surface area contributed by atoms with Crippen LogP contribution >= 0.6 is 0 Å². The maximum atomic E-state index is 12.1. The third-order valence-corrected chi connectivity index (χ3v) is 3.69. The Kier molecular flexibility index (Phi) is 5.90. The van der Waals surface area contributed by atoms with Gasteiger partial charge in [0.2, 0.25) is 0 Å². The van der Waals surface area contributed by atoms with E-state index in [1.807, 2.05) is 12.1 Å². The van der Waals surface area contributed by atoms with Crippen LogP contribution in [0.2, 0.25) is 0 Å². The molecule has 0 aromatic heterocycles. The summed E-state index contributed by atoms with van der Waals surface area (Å²) < 4.78 is 5.02. The molecule has 0 unspecified atom stereocenters. The number of ether oxygens (including phenoxy) is 1. The van der Waals surface area contributed by atoms with Crippen molar-refractivity contribution in [2.45, 2.75) is 19.8 Å². The van der Waals surface area contributed by atoms with E-state index in [0.29, 0.717) is 11.6 Å². The SMILES string of the molecule is COc1cc([N+](=O)[O-])ccc1NC(=O)C(=O)Nc1ccc(C(C)C)cc1. The second-order valence-electron chi connectivity index (χ2n) is 5.83. The van der Waals surface area contributed by atoms with Crippen LogP contribution in [0.4, 0.5) is 17.1 Å². The summed E-state index contributed by atoms with van der Waals surface area (Å²) in [4.78, 5) is 34.3. The number of rotatable bonds is 5. The molecule has 2 aromatic rings. The Bertz CT molecular complexity index is 831. The van der Waals surface area contributed by atoms with Gasteiger partial charge in [-0.25, -0.2) is 0 Å². The molecule has 0 heterocycles. The van der Waals surface area contributed by atoms with E-state index in [0.717, 1.165) is 11.6 Å². The van der Waals surface area contributed by atoms with Crippen molar-refractivity contribution in [1.29, 1.82) is 0 Å². The maximum Gasteiger partial charge on any atom is 0.314 e. The molecule has 136 valence electrons. The highest BCUT2D eigenvalue weighted by Crippen LogP contribution is 2.29. The lowest BCUT2D eigenvalue weighted by atomic mass is 10.0. The molecule has 0 aliphatic rings. The van der Waals surface area contributed by atoms with Crippen LogP contribution in [0.1, 0.15) is 25.3 Å². The van der Waals surface area contributed by atoms with E-state index < -0.39 is 16.7 Å². The maximum absolute atomic E-state index is 12.1. The first kappa shape index (κ1) is 18.9. The fourth-order valence-electron chi connectivity index (χ4n) is 2.22. The highest BCUT2D eigenvalue weighted by Gasteiger charge is 2.18. The van der Waals surface area contributed by atoms with E-state index in [-0.39, 0.29) is 17.1 Å². The standard InChI is InChI=1S/C18H19N3O5/c1-11(2)12-4-6-13(7-5-12)19-17(22)18(23)20-15-9-8-14(21(24)25)10-16(15)26-3/h4-11H,1-3H3,(H,19,22)(H,20,23). The van der Waals surface area contributed by atoms with Gasteiger partial charge >= 0.3 is 11.8 Å². The van der Waals surface area contributed by atoms with Crippen LogP contribution < -0.4 is 15.4 Å². The number of nitrogens with zero attached hydrogens (tertiary/aromatic N) is 1. The van der Waals surface area contributed by atoms with Gasteiger partial charge in [0.1, 0.15) is 5.75 Å². The zero-order valence-electron chi connectivity index (χ0n) is 14.6. The van der Waals surface area contributed by atoms with Crippen molar-refractivity contribution < 1.29 is 19.2 Å². The molecule has 0 aliphatic heterocycles. The number of carbonyl (C=O) groups is 2. The van der Waals surface area contributed by atoms with Crippen molar-refractivity contribution in [3.63, 3.8) is 0 Å². The number of benzene rings is 2. The number of hydrogen-bond donors (Lipinski definition) is 2. The molecule has 2 aromatic carbocycles. The molecule has 0 aliphatic carbocycles. The molecule has 0 atom stereocenters. The van der Waals surface area contributed by atoms with Gasteiger partial charge in [0.15, 0.2) is 0 Å². The van der Waals surface area contributed by atoms with E-state index in [1.54, 1.807) is 12.1 Å². The largest absolute Gasteiger partial charge is 0.494 e. The van der Waals surface area contributed by atoms with E-state index in [2.05, 4.69) is 24.5 Å². The van der Waals surface area contributed by atoms with Crippen molar-refractivity contribution in [2.75, 3.05) is 17.7 Å². The number of non-ortho nitro benzene ring substituents is 1. The molecule has 0 saturated carbocycles. The van der Waals surface area contributed by atoms with Crippen LogP contribution in [0.15, 0.2) is 42.5 Å². The Morgan fingerprint density at radius 2 is 1.65 bits per heavy atom. The first-order valence-corrected chi connectivity index (χ1v) is 7.86. The van der Waals surface area contributed by atoms with Crippen LogP contribution in [-0.4, -0.2) is 23.8 Å². The highest BCUT2D eigenvalue weighted by molar-refractivity contribution is 6.43. The minimum atomic E-state index is -0.912. The number of anilines is 2. The second-order valence-corrected chi connectivity index (χ2v) is 5.83. The van der Waals surface area contributed by atoms with Gasteiger partial charge in [0, 0.05) is 11.8 Å². The topological polar surface area (TPSA) is 111 Å². The molecular weight excluding hydrogens is 338 g/mol. The lowest BCUT2D eigenvalue weighted by molar-refractivity contribution is -0.384. The fraction of sp³-hybridized carbons (Fsp3) is 0.222. The normalized spacial score (nSPS) is 10.3. The summed E-state index contributed by atoms with van der Waals surface area (Å²) in [7, 11) is 1.31. The van der Waals surface area contributed by atoms with E-state index in [9.17, 15) is 19.7 Å². The van der Waals surface area contributed by atoms with Crippen LogP contribution in [-0.2, 0) is 9.59 Å². The van der Waals surface area contributed by atoms with Crippen molar-refractivity contribution in [3.05, 3.63) is 58.1 Å². The number of nitrogens with one attached hydrogen (secondary N) is 2. The molecule has 2 N–H and O–H groups in total. The van der Waals surface area contributed by atoms with Gasteiger partial charge in [0.05, 0.1) is 23.8 Å². The van der Waals surface area contributed by atoms with Crippen LogP contribution in [0.25, 0.3) is 0 Å². The van der Waals surface area contributed by atoms with Gasteiger partial charge in [-0.2, -0.15) is 0 Å². The Labute approximate surface area is 150 Å². The molecule has 2 amide bonds. The van der Waals surface area contributed by atoms with E-state index in [1.165, 1.54) is 19.2 Å². The lowest BCUT2D eigenvalue weighted by Crippen LogP contribution is -2.29. The number of amides is 2. The minimum Gasteiger partial charge on any atom is -0.494 e. The third kappa shape index (κ3) is 4.56. The molecule has 0 radical (unpaired) electrons. The van der Waals surface area contributed by atoms with Crippen LogP contribution in [0, 0.1) is 10.1 Å². The minimum absolute atomic E-state index is 0.0848. The third-order valence-electron chi connectivity index (χ3n) is 3.69. The van der Waals surface area contributed by atoms with Crippen molar-refractivity contribution in [1.82, 2.24) is 0 Å². The molecule has 26 heavy (non-hydrogen) atoms. The molecule has 0 bridgehead atoms. The smallest absolute Gasteiger partial charge is 0.314 e. The molecule has 0 spiro atoms. The summed E-state index contributed by atoms with van der Waals surface area (Å²) in [6.07, 6.45) is 0. The Hall–Kier alpha value is -3.42. The molecule has 0 saturated heterocycles. The summed E-state index contributed by atoms with van der Waals surface area (Å²) in [5, 5.41) is 15.7. The number of hydrogen-bond acceptors (Lipinski definition) is 5. The molecule has 8 nitrogen and oxygen atoms in total. The predicted octanol–water partition coefficient (Wildman–Crippen LogP) is 3.30. The zero-order valence-corrected chi connectivity index (χ0v) is 14.6. The van der Waals surface area contributed by atoms with Gasteiger partial charge in [-0.3, -0.25) is 19.7 Å². The average molecular weight is 357 g/mol. The highest BCUT2D eigenvalue weighted by atomic mass is 16.6. The predicted molar refractivity (Wildman–Crippen MR) is 97.4 cm³/mol. The number of methoxy groups -OCH3 is 1. The van der Waals surface area contributed by atoms with E-state index >= 15 is 0 Å². The van der Waals surface area contributed by atoms with Crippen molar-refractivity contribution in [2.24, 2.45) is 0 Å². The fourth-order valence-corrected chi connectivity index (χ4v) is 2.22. The lowest BCUT2D eigenvalue weighted by Gasteiger charge is -2.11. The van der Waals surface area contributed by atoms with Gasteiger partial charge in [-0.05, 0) is 29.7 Å². The van der Waals surface area contributed by atoms with Gasteiger partial charge in [-0.15, -0.1) is 0 Å². The summed E-state index contributed by atoms with van der Waals surface area (Å²) in [6, 6.07) is 10.9.